The topological polar surface area (TPSA) is 21.5 Å². The van der Waals surface area contributed by atoms with E-state index < -0.39 is 0 Å². The quantitative estimate of drug-likeness (QED) is 0.652. The van der Waals surface area contributed by atoms with Gasteiger partial charge in [-0.1, -0.05) is 54.6 Å². The van der Waals surface area contributed by atoms with E-state index in [0.717, 1.165) is 17.7 Å². The van der Waals surface area contributed by atoms with Crippen LogP contribution in [-0.2, 0) is 11.3 Å². The lowest BCUT2D eigenvalue weighted by molar-refractivity contribution is -0.904. The summed E-state index contributed by atoms with van der Waals surface area (Å²) in [4.78, 5) is 14.4. The summed E-state index contributed by atoms with van der Waals surface area (Å²) in [5.74, 6) is -0.624. The van der Waals surface area contributed by atoms with Gasteiger partial charge >= 0.3 is 0 Å². The number of likely N-dealkylation sites (tertiary alicyclic amines) is 1. The molecule has 30 heavy (non-hydrogen) atoms. The number of nitrogens with one attached hydrogen (secondary N) is 1. The summed E-state index contributed by atoms with van der Waals surface area (Å²) in [6.07, 6.45) is 3.68. The molecule has 0 aromatic heterocycles. The Morgan fingerprint density at radius 1 is 0.700 bits per heavy atom. The number of ketones is 1. The smallest absolute Gasteiger partial charge is 0.196 e. The van der Waals surface area contributed by atoms with Gasteiger partial charge in [-0.05, 0) is 47.5 Å². The van der Waals surface area contributed by atoms with Gasteiger partial charge in [-0.25, -0.2) is 8.78 Å². The number of hydrogen-bond acceptors (Lipinski definition) is 1. The Kier molecular flexibility index (Phi) is 5.96. The average molecular weight is 402 g/mol. The molecule has 1 heterocycles. The van der Waals surface area contributed by atoms with Crippen LogP contribution in [0, 0.1) is 11.6 Å². The number of piperidine rings is 1. The minimum Gasteiger partial charge on any atom is -0.323 e. The molecule has 0 amide bonds. The van der Waals surface area contributed by atoms with Gasteiger partial charge in [0.15, 0.2) is 5.78 Å². The Labute approximate surface area is 174 Å². The second-order valence-corrected chi connectivity index (χ2v) is 7.54. The molecule has 1 fully saturated rings. The molecule has 3 aromatic carbocycles. The maximum Gasteiger partial charge on any atom is 0.196 e. The molecule has 3 aromatic rings. The molecule has 0 bridgehead atoms. The minimum atomic E-state index is -0.305. The first-order chi connectivity index (χ1) is 14.6. The van der Waals surface area contributed by atoms with Crippen molar-refractivity contribution < 1.29 is 18.5 Å². The van der Waals surface area contributed by atoms with Crippen LogP contribution in [0.5, 0.6) is 0 Å². The molecule has 150 valence electrons. The van der Waals surface area contributed by atoms with Crippen LogP contribution < -0.4 is 4.90 Å². The molecule has 1 saturated heterocycles. The molecular formula is C26H22F2NO+. The van der Waals surface area contributed by atoms with Crippen molar-refractivity contribution in [3.8, 4) is 0 Å². The van der Waals surface area contributed by atoms with E-state index in [0.29, 0.717) is 24.2 Å². The number of benzene rings is 3. The van der Waals surface area contributed by atoms with Crippen molar-refractivity contribution in [3.05, 3.63) is 118 Å². The minimum absolute atomic E-state index is 0.0135. The predicted molar refractivity (Wildman–Crippen MR) is 115 cm³/mol. The van der Waals surface area contributed by atoms with Gasteiger partial charge in [0.05, 0.1) is 11.1 Å². The fourth-order valence-electron chi connectivity index (χ4n) is 3.73. The Bertz CT molecular complexity index is 1020. The Balaban J connectivity index is 1.67. The van der Waals surface area contributed by atoms with Crippen molar-refractivity contribution in [1.29, 1.82) is 0 Å². The highest BCUT2D eigenvalue weighted by Gasteiger charge is 2.29. The molecule has 0 atom stereocenters. The highest BCUT2D eigenvalue weighted by atomic mass is 19.1. The zero-order valence-electron chi connectivity index (χ0n) is 16.4. The Morgan fingerprint density at radius 3 is 1.63 bits per heavy atom. The Morgan fingerprint density at radius 2 is 1.17 bits per heavy atom. The number of carbonyl (C=O) groups excluding carboxylic acids is 1. The third-order valence-electron chi connectivity index (χ3n) is 5.18. The van der Waals surface area contributed by atoms with E-state index in [-0.39, 0.29) is 17.4 Å². The van der Waals surface area contributed by atoms with Crippen molar-refractivity contribution in [2.75, 3.05) is 13.1 Å². The number of carbonyl (C=O) groups is 1. The van der Waals surface area contributed by atoms with E-state index in [4.69, 9.17) is 0 Å². The van der Waals surface area contributed by atoms with E-state index in [9.17, 15) is 13.6 Å². The van der Waals surface area contributed by atoms with Gasteiger partial charge in [0.1, 0.15) is 31.3 Å². The van der Waals surface area contributed by atoms with Crippen LogP contribution in [-0.4, -0.2) is 18.9 Å². The standard InChI is InChI=1S/C26H21F2NO/c27-24-10-6-19(7-11-24)14-22-17-29(16-21-4-2-1-3-5-21)18-23(26(22)30)15-20-8-12-25(28)13-9-20/h1-15H,16-18H2/p+1/b22-14+,23-15+. The van der Waals surface area contributed by atoms with Crippen molar-refractivity contribution in [2.24, 2.45) is 0 Å². The average Bonchev–Trinajstić information content (AvgIpc) is 2.75. The number of rotatable bonds is 4. The first kappa shape index (κ1) is 19.9. The molecule has 0 radical (unpaired) electrons. The highest BCUT2D eigenvalue weighted by Crippen LogP contribution is 2.17. The SMILES string of the molecule is O=C1/C(=C/c2ccc(F)cc2)C[NH+](Cc2ccccc2)C/C1=C\c1ccc(F)cc1. The molecule has 0 aliphatic carbocycles. The summed E-state index contributed by atoms with van der Waals surface area (Å²) in [6.45, 7) is 1.97. The van der Waals surface area contributed by atoms with Gasteiger partial charge in [-0.2, -0.15) is 0 Å². The van der Waals surface area contributed by atoms with Crippen molar-refractivity contribution in [3.63, 3.8) is 0 Å². The summed E-state index contributed by atoms with van der Waals surface area (Å²) in [7, 11) is 0. The predicted octanol–water partition coefficient (Wildman–Crippen LogP) is 4.10. The lowest BCUT2D eigenvalue weighted by atomic mass is 9.94. The lowest BCUT2D eigenvalue weighted by Crippen LogP contribution is -3.12. The molecule has 1 N–H and O–H groups in total. The number of quaternary nitrogens is 1. The summed E-state index contributed by atoms with van der Waals surface area (Å²) in [6, 6.07) is 22.4. The summed E-state index contributed by atoms with van der Waals surface area (Å²) < 4.78 is 26.5. The number of hydrogen-bond donors (Lipinski definition) is 1. The van der Waals surface area contributed by atoms with Gasteiger partial charge in [-0.15, -0.1) is 0 Å². The molecular weight excluding hydrogens is 380 g/mol. The molecule has 0 spiro atoms. The summed E-state index contributed by atoms with van der Waals surface area (Å²) in [5.41, 5.74) is 4.16. The lowest BCUT2D eigenvalue weighted by Gasteiger charge is -2.27. The maximum atomic E-state index is 13.3. The van der Waals surface area contributed by atoms with E-state index in [1.807, 2.05) is 30.4 Å². The summed E-state index contributed by atoms with van der Waals surface area (Å²) in [5, 5.41) is 0. The Hall–Kier alpha value is -3.37. The fraction of sp³-hybridized carbons (Fsp3) is 0.115. The molecule has 1 aliphatic rings. The largest absolute Gasteiger partial charge is 0.323 e. The van der Waals surface area contributed by atoms with Gasteiger partial charge in [0, 0.05) is 5.56 Å². The zero-order chi connectivity index (χ0) is 20.9. The first-order valence-electron chi connectivity index (χ1n) is 9.91. The second-order valence-electron chi connectivity index (χ2n) is 7.54. The van der Waals surface area contributed by atoms with Gasteiger partial charge in [-0.3, -0.25) is 4.79 Å². The van der Waals surface area contributed by atoms with Crippen LogP contribution in [0.3, 0.4) is 0 Å². The van der Waals surface area contributed by atoms with E-state index in [2.05, 4.69) is 12.1 Å². The third-order valence-corrected chi connectivity index (χ3v) is 5.18. The van der Waals surface area contributed by atoms with Crippen LogP contribution >= 0.6 is 0 Å². The highest BCUT2D eigenvalue weighted by molar-refractivity contribution is 6.14. The molecule has 4 heteroatoms. The fourth-order valence-corrected chi connectivity index (χ4v) is 3.73. The van der Waals surface area contributed by atoms with Crippen LogP contribution in [0.4, 0.5) is 8.78 Å². The van der Waals surface area contributed by atoms with Crippen LogP contribution in [0.2, 0.25) is 0 Å². The van der Waals surface area contributed by atoms with Crippen LogP contribution in [0.1, 0.15) is 16.7 Å². The van der Waals surface area contributed by atoms with E-state index in [1.165, 1.54) is 34.7 Å². The molecule has 4 rings (SSSR count). The first-order valence-corrected chi connectivity index (χ1v) is 9.91. The summed E-state index contributed by atoms with van der Waals surface area (Å²) >= 11 is 0. The molecule has 1 aliphatic heterocycles. The maximum absolute atomic E-state index is 13.3. The van der Waals surface area contributed by atoms with Crippen molar-refractivity contribution in [1.82, 2.24) is 0 Å². The number of Topliss-reactive ketones (excluding diaryl/α,β-unsaturated/α-hetero) is 1. The molecule has 0 unspecified atom stereocenters. The van der Waals surface area contributed by atoms with Crippen molar-refractivity contribution >= 4 is 17.9 Å². The van der Waals surface area contributed by atoms with Gasteiger partial charge in [0.25, 0.3) is 0 Å². The molecule has 2 nitrogen and oxygen atoms in total. The zero-order valence-corrected chi connectivity index (χ0v) is 16.4. The van der Waals surface area contributed by atoms with Crippen LogP contribution in [0.15, 0.2) is 90.0 Å². The van der Waals surface area contributed by atoms with Crippen LogP contribution in [0.25, 0.3) is 12.2 Å². The molecule has 0 saturated carbocycles. The monoisotopic (exact) mass is 402 g/mol. The number of halogens is 2. The normalized spacial score (nSPS) is 19.4. The second kappa shape index (κ2) is 8.97. The van der Waals surface area contributed by atoms with Gasteiger partial charge in [0.2, 0.25) is 0 Å². The van der Waals surface area contributed by atoms with E-state index in [1.54, 1.807) is 24.3 Å². The third kappa shape index (κ3) is 4.97. The van der Waals surface area contributed by atoms with Crippen molar-refractivity contribution in [2.45, 2.75) is 6.54 Å². The van der Waals surface area contributed by atoms with Gasteiger partial charge < -0.3 is 4.90 Å². The van der Waals surface area contributed by atoms with E-state index >= 15 is 0 Å².